The van der Waals surface area contributed by atoms with Crippen LogP contribution < -0.4 is 11.3 Å². The van der Waals surface area contributed by atoms with Gasteiger partial charge in [0.2, 0.25) is 0 Å². The number of hydrazine groups is 1. The van der Waals surface area contributed by atoms with Crippen LogP contribution in [0.2, 0.25) is 0 Å². The van der Waals surface area contributed by atoms with E-state index in [4.69, 9.17) is 10.6 Å². The minimum atomic E-state index is -0.0800. The van der Waals surface area contributed by atoms with Crippen LogP contribution in [-0.2, 0) is 11.2 Å². The molecule has 4 heteroatoms. The number of ether oxygens (including phenoxy) is 1. The molecule has 0 amide bonds. The standard InChI is InChI=1S/C14H25N3O/c1-14(2,18-3)9-8-13(17-15)7-6-12-5-4-10-16-11-12/h4-5,10-11,13,17H,6-9,15H2,1-3H3. The molecule has 0 bridgehead atoms. The molecule has 1 aromatic heterocycles. The van der Waals surface area contributed by atoms with Gasteiger partial charge in [-0.2, -0.15) is 0 Å². The zero-order valence-corrected chi connectivity index (χ0v) is 11.6. The van der Waals surface area contributed by atoms with Crippen LogP contribution in [0.4, 0.5) is 0 Å². The fraction of sp³-hybridized carbons (Fsp3) is 0.643. The Labute approximate surface area is 110 Å². The third kappa shape index (κ3) is 5.58. The lowest BCUT2D eigenvalue weighted by molar-refractivity contribution is 0.0115. The maximum atomic E-state index is 5.60. The van der Waals surface area contributed by atoms with Crippen LogP contribution in [0.5, 0.6) is 0 Å². The highest BCUT2D eigenvalue weighted by Gasteiger charge is 2.18. The van der Waals surface area contributed by atoms with Crippen molar-refractivity contribution >= 4 is 0 Å². The molecule has 0 radical (unpaired) electrons. The number of nitrogens with zero attached hydrogens (tertiary/aromatic N) is 1. The van der Waals surface area contributed by atoms with E-state index in [1.165, 1.54) is 5.56 Å². The Morgan fingerprint density at radius 3 is 2.78 bits per heavy atom. The highest BCUT2D eigenvalue weighted by molar-refractivity contribution is 5.08. The second kappa shape index (κ2) is 7.46. The number of nitrogens with two attached hydrogens (primary N) is 1. The van der Waals surface area contributed by atoms with Crippen molar-refractivity contribution < 1.29 is 4.74 Å². The van der Waals surface area contributed by atoms with Crippen LogP contribution in [-0.4, -0.2) is 23.7 Å². The summed E-state index contributed by atoms with van der Waals surface area (Å²) in [7, 11) is 1.75. The fourth-order valence-corrected chi connectivity index (χ4v) is 1.82. The molecule has 18 heavy (non-hydrogen) atoms. The van der Waals surface area contributed by atoms with E-state index >= 15 is 0 Å². The van der Waals surface area contributed by atoms with Crippen LogP contribution in [0.3, 0.4) is 0 Å². The molecule has 0 aliphatic rings. The molecule has 1 aromatic rings. The van der Waals surface area contributed by atoms with Crippen molar-refractivity contribution in [3.8, 4) is 0 Å². The Kier molecular flexibility index (Phi) is 6.25. The zero-order chi connectivity index (χ0) is 13.4. The van der Waals surface area contributed by atoms with Gasteiger partial charge in [0.05, 0.1) is 5.60 Å². The second-order valence-electron chi connectivity index (χ2n) is 5.27. The first-order valence-electron chi connectivity index (χ1n) is 6.47. The monoisotopic (exact) mass is 251 g/mol. The minimum Gasteiger partial charge on any atom is -0.379 e. The minimum absolute atomic E-state index is 0.0800. The van der Waals surface area contributed by atoms with Gasteiger partial charge in [-0.3, -0.25) is 16.3 Å². The molecule has 1 unspecified atom stereocenters. The van der Waals surface area contributed by atoms with E-state index in [2.05, 4.69) is 30.3 Å². The van der Waals surface area contributed by atoms with Crippen LogP contribution in [0.15, 0.2) is 24.5 Å². The van der Waals surface area contributed by atoms with E-state index in [0.29, 0.717) is 6.04 Å². The third-order valence-electron chi connectivity index (χ3n) is 3.39. The number of aromatic nitrogens is 1. The van der Waals surface area contributed by atoms with Crippen LogP contribution >= 0.6 is 0 Å². The number of pyridine rings is 1. The first kappa shape index (κ1) is 15.1. The van der Waals surface area contributed by atoms with E-state index in [9.17, 15) is 0 Å². The van der Waals surface area contributed by atoms with Crippen molar-refractivity contribution in [3.63, 3.8) is 0 Å². The van der Waals surface area contributed by atoms with Crippen molar-refractivity contribution in [2.24, 2.45) is 5.84 Å². The lowest BCUT2D eigenvalue weighted by Gasteiger charge is -2.25. The molecule has 102 valence electrons. The van der Waals surface area contributed by atoms with Gasteiger partial charge in [-0.25, -0.2) is 0 Å². The second-order valence-corrected chi connectivity index (χ2v) is 5.27. The molecular formula is C14H25N3O. The summed E-state index contributed by atoms with van der Waals surface area (Å²) in [6, 6.07) is 4.38. The summed E-state index contributed by atoms with van der Waals surface area (Å²) >= 11 is 0. The highest BCUT2D eigenvalue weighted by atomic mass is 16.5. The number of rotatable bonds is 8. The average molecular weight is 251 g/mol. The van der Waals surface area contributed by atoms with Gasteiger partial charge in [-0.15, -0.1) is 0 Å². The van der Waals surface area contributed by atoms with Gasteiger partial charge >= 0.3 is 0 Å². The third-order valence-corrected chi connectivity index (χ3v) is 3.39. The van der Waals surface area contributed by atoms with Gasteiger partial charge < -0.3 is 4.74 Å². The molecule has 0 aromatic carbocycles. The Balaban J connectivity index is 2.34. The molecule has 1 atom stereocenters. The normalized spacial score (nSPS) is 13.6. The maximum Gasteiger partial charge on any atom is 0.0623 e. The molecule has 0 saturated carbocycles. The topological polar surface area (TPSA) is 60.2 Å². The number of nitrogens with one attached hydrogen (secondary N) is 1. The number of hydrogen-bond donors (Lipinski definition) is 2. The molecule has 1 heterocycles. The Hall–Kier alpha value is -0.970. The summed E-state index contributed by atoms with van der Waals surface area (Å²) < 4.78 is 5.42. The Morgan fingerprint density at radius 1 is 1.44 bits per heavy atom. The summed E-state index contributed by atoms with van der Waals surface area (Å²) in [5.74, 6) is 5.60. The van der Waals surface area contributed by atoms with Gasteiger partial charge in [0, 0.05) is 25.5 Å². The van der Waals surface area contributed by atoms with E-state index in [1.54, 1.807) is 13.3 Å². The number of aryl methyl sites for hydroxylation is 1. The molecule has 0 saturated heterocycles. The summed E-state index contributed by atoms with van der Waals surface area (Å²) in [5.41, 5.74) is 4.07. The van der Waals surface area contributed by atoms with Crippen molar-refractivity contribution in [1.29, 1.82) is 0 Å². The van der Waals surface area contributed by atoms with Crippen LogP contribution in [0.1, 0.15) is 38.7 Å². The largest absolute Gasteiger partial charge is 0.379 e. The lowest BCUT2D eigenvalue weighted by Crippen LogP contribution is -2.37. The summed E-state index contributed by atoms with van der Waals surface area (Å²) in [4.78, 5) is 4.12. The molecule has 3 N–H and O–H groups in total. The van der Waals surface area contributed by atoms with Gasteiger partial charge in [-0.05, 0) is 51.2 Å². The quantitative estimate of drug-likeness (QED) is 0.548. The van der Waals surface area contributed by atoms with E-state index in [0.717, 1.165) is 25.7 Å². The molecule has 0 fully saturated rings. The molecule has 0 spiro atoms. The van der Waals surface area contributed by atoms with E-state index in [-0.39, 0.29) is 5.60 Å². The van der Waals surface area contributed by atoms with Crippen molar-refractivity contribution in [2.45, 2.75) is 51.2 Å². The van der Waals surface area contributed by atoms with E-state index < -0.39 is 0 Å². The molecular weight excluding hydrogens is 226 g/mol. The van der Waals surface area contributed by atoms with Gasteiger partial charge in [0.15, 0.2) is 0 Å². The average Bonchev–Trinajstić information content (AvgIpc) is 2.40. The SMILES string of the molecule is COC(C)(C)CCC(CCc1cccnc1)NN. The number of methoxy groups -OCH3 is 1. The van der Waals surface area contributed by atoms with Crippen molar-refractivity contribution in [2.75, 3.05) is 7.11 Å². The molecule has 0 aliphatic heterocycles. The highest BCUT2D eigenvalue weighted by Crippen LogP contribution is 2.18. The lowest BCUT2D eigenvalue weighted by atomic mass is 9.96. The van der Waals surface area contributed by atoms with Gasteiger partial charge in [0.1, 0.15) is 0 Å². The zero-order valence-electron chi connectivity index (χ0n) is 11.6. The van der Waals surface area contributed by atoms with Crippen LogP contribution in [0.25, 0.3) is 0 Å². The molecule has 4 nitrogen and oxygen atoms in total. The van der Waals surface area contributed by atoms with Crippen LogP contribution in [0, 0.1) is 0 Å². The summed E-state index contributed by atoms with van der Waals surface area (Å²) in [6.07, 6.45) is 7.72. The van der Waals surface area contributed by atoms with Gasteiger partial charge in [-0.1, -0.05) is 6.07 Å². The first-order valence-corrected chi connectivity index (χ1v) is 6.47. The number of hydrogen-bond acceptors (Lipinski definition) is 4. The molecule has 1 rings (SSSR count). The predicted molar refractivity (Wildman–Crippen MR) is 74.0 cm³/mol. The summed E-state index contributed by atoms with van der Waals surface area (Å²) in [5, 5.41) is 0. The van der Waals surface area contributed by atoms with Crippen molar-refractivity contribution in [3.05, 3.63) is 30.1 Å². The van der Waals surface area contributed by atoms with E-state index in [1.807, 2.05) is 12.3 Å². The van der Waals surface area contributed by atoms with Gasteiger partial charge in [0.25, 0.3) is 0 Å². The smallest absolute Gasteiger partial charge is 0.0623 e. The Morgan fingerprint density at radius 2 is 2.22 bits per heavy atom. The molecule has 0 aliphatic carbocycles. The predicted octanol–water partition coefficient (Wildman–Crippen LogP) is 2.05. The first-order chi connectivity index (χ1) is 8.57. The van der Waals surface area contributed by atoms with Crippen molar-refractivity contribution in [1.82, 2.24) is 10.4 Å². The fourth-order valence-electron chi connectivity index (χ4n) is 1.82. The summed E-state index contributed by atoms with van der Waals surface area (Å²) in [6.45, 7) is 4.20. The maximum absolute atomic E-state index is 5.60. The Bertz CT molecular complexity index is 327.